The van der Waals surface area contributed by atoms with E-state index in [1.807, 2.05) is 30.3 Å². The lowest BCUT2D eigenvalue weighted by Crippen LogP contribution is -2.17. The Hall–Kier alpha value is -2.29. The topological polar surface area (TPSA) is 65.2 Å². The quantitative estimate of drug-likeness (QED) is 0.492. The number of carbonyl (C=O) groups is 1. The zero-order valence-corrected chi connectivity index (χ0v) is 13.8. The summed E-state index contributed by atoms with van der Waals surface area (Å²) < 4.78 is 0. The summed E-state index contributed by atoms with van der Waals surface area (Å²) in [5.74, 6) is 0.524. The number of thioether (sulfide) groups is 1. The van der Waals surface area contributed by atoms with E-state index in [2.05, 4.69) is 10.5 Å². The van der Waals surface area contributed by atoms with Crippen molar-refractivity contribution in [2.24, 2.45) is 5.10 Å². The number of nitriles is 1. The number of amides is 1. The Bertz CT molecular complexity index is 721. The second-order valence-electron chi connectivity index (χ2n) is 4.58. The molecule has 2 aromatic rings. The minimum atomic E-state index is -0.142. The highest BCUT2D eigenvalue weighted by atomic mass is 35.5. The molecule has 0 heterocycles. The molecule has 0 atom stereocenters. The molecule has 0 aliphatic carbocycles. The summed E-state index contributed by atoms with van der Waals surface area (Å²) in [4.78, 5) is 12.7. The molecule has 4 nitrogen and oxygen atoms in total. The molecule has 1 N–H and O–H groups in total. The van der Waals surface area contributed by atoms with Crippen LogP contribution in [0.4, 0.5) is 0 Å². The molecule has 1 amide bonds. The van der Waals surface area contributed by atoms with Gasteiger partial charge in [-0.2, -0.15) is 10.4 Å². The molecular weight excluding hydrogens is 330 g/mol. The third kappa shape index (κ3) is 6.15. The van der Waals surface area contributed by atoms with Crippen molar-refractivity contribution in [1.82, 2.24) is 5.43 Å². The fourth-order valence-electron chi connectivity index (χ4n) is 1.67. The molecular formula is C17H14ClN3OS. The van der Waals surface area contributed by atoms with Crippen LogP contribution in [0.1, 0.15) is 17.5 Å². The minimum Gasteiger partial charge on any atom is -0.273 e. The Morgan fingerprint density at radius 2 is 1.91 bits per heavy atom. The normalized spacial score (nSPS) is 10.4. The van der Waals surface area contributed by atoms with Crippen LogP contribution >= 0.6 is 23.4 Å². The van der Waals surface area contributed by atoms with Gasteiger partial charge in [-0.05, 0) is 42.0 Å². The van der Waals surface area contributed by atoms with E-state index in [4.69, 9.17) is 16.9 Å². The van der Waals surface area contributed by atoms with E-state index in [9.17, 15) is 4.79 Å². The standard InChI is InChI=1S/C17H14ClN3OS/c18-15-5-7-16(8-6-15)23-10-9-17(22)21-20-12-14-3-1-13(11-19)2-4-14/h1-8,12H,9-10H2,(H,21,22). The Kier molecular flexibility index (Phi) is 6.67. The average Bonchev–Trinajstić information content (AvgIpc) is 2.57. The van der Waals surface area contributed by atoms with Gasteiger partial charge in [0.2, 0.25) is 5.91 Å². The molecule has 0 fully saturated rings. The minimum absolute atomic E-state index is 0.142. The molecule has 0 aromatic heterocycles. The zero-order valence-electron chi connectivity index (χ0n) is 12.2. The van der Waals surface area contributed by atoms with E-state index in [0.717, 1.165) is 10.5 Å². The highest BCUT2D eigenvalue weighted by molar-refractivity contribution is 7.99. The van der Waals surface area contributed by atoms with Gasteiger partial charge >= 0.3 is 0 Å². The summed E-state index contributed by atoms with van der Waals surface area (Å²) in [6.45, 7) is 0. The van der Waals surface area contributed by atoms with Crippen LogP contribution in [-0.2, 0) is 4.79 Å². The van der Waals surface area contributed by atoms with E-state index in [0.29, 0.717) is 22.8 Å². The lowest BCUT2D eigenvalue weighted by molar-refractivity contribution is -0.120. The van der Waals surface area contributed by atoms with E-state index in [1.54, 1.807) is 42.2 Å². The predicted molar refractivity (Wildman–Crippen MR) is 93.7 cm³/mol. The van der Waals surface area contributed by atoms with E-state index in [1.165, 1.54) is 0 Å². The number of carbonyl (C=O) groups excluding carboxylic acids is 1. The summed E-state index contributed by atoms with van der Waals surface area (Å²) in [6.07, 6.45) is 1.92. The van der Waals surface area contributed by atoms with Crippen LogP contribution < -0.4 is 5.43 Å². The predicted octanol–water partition coefficient (Wildman–Crippen LogP) is 3.84. The van der Waals surface area contributed by atoms with Gasteiger partial charge in [0.1, 0.15) is 0 Å². The molecule has 116 valence electrons. The van der Waals surface area contributed by atoms with E-state index >= 15 is 0 Å². The molecule has 2 aromatic carbocycles. The van der Waals surface area contributed by atoms with E-state index in [-0.39, 0.29) is 5.91 Å². The van der Waals surface area contributed by atoms with Crippen LogP contribution in [0.25, 0.3) is 0 Å². The lowest BCUT2D eigenvalue weighted by atomic mass is 10.2. The highest BCUT2D eigenvalue weighted by Gasteiger charge is 2.01. The van der Waals surface area contributed by atoms with Gasteiger partial charge in [-0.25, -0.2) is 5.43 Å². The Labute approximate surface area is 144 Å². The van der Waals surface area contributed by atoms with Crippen LogP contribution in [0.2, 0.25) is 5.02 Å². The summed E-state index contributed by atoms with van der Waals surface area (Å²) >= 11 is 7.41. The third-order valence-corrected chi connectivity index (χ3v) is 4.12. The first kappa shape index (κ1) is 17.1. The SMILES string of the molecule is N#Cc1ccc(C=NNC(=O)CCSc2ccc(Cl)cc2)cc1. The molecule has 0 aliphatic heterocycles. The van der Waals surface area contributed by atoms with Gasteiger partial charge in [0.05, 0.1) is 17.8 Å². The molecule has 0 saturated carbocycles. The summed E-state index contributed by atoms with van der Waals surface area (Å²) in [5.41, 5.74) is 3.89. The average molecular weight is 344 g/mol. The Morgan fingerprint density at radius 1 is 1.22 bits per heavy atom. The van der Waals surface area contributed by atoms with Crippen molar-refractivity contribution in [2.45, 2.75) is 11.3 Å². The number of hydrogen-bond donors (Lipinski definition) is 1. The second-order valence-corrected chi connectivity index (χ2v) is 6.18. The number of rotatable bonds is 6. The number of hydrazone groups is 1. The Balaban J connectivity index is 1.71. The zero-order chi connectivity index (χ0) is 16.5. The van der Waals surface area contributed by atoms with Gasteiger partial charge in [0.25, 0.3) is 0 Å². The number of halogens is 1. The second kappa shape index (κ2) is 8.99. The first-order chi connectivity index (χ1) is 11.2. The Morgan fingerprint density at radius 3 is 2.57 bits per heavy atom. The van der Waals surface area contributed by atoms with E-state index < -0.39 is 0 Å². The van der Waals surface area contributed by atoms with Crippen molar-refractivity contribution in [3.8, 4) is 6.07 Å². The summed E-state index contributed by atoms with van der Waals surface area (Å²) in [7, 11) is 0. The molecule has 2 rings (SSSR count). The van der Waals surface area contributed by atoms with Crippen molar-refractivity contribution in [2.75, 3.05) is 5.75 Å². The van der Waals surface area contributed by atoms with Crippen molar-refractivity contribution in [3.05, 3.63) is 64.7 Å². The van der Waals surface area contributed by atoms with Crippen LogP contribution in [0.15, 0.2) is 58.5 Å². The molecule has 0 saturated heterocycles. The monoisotopic (exact) mass is 343 g/mol. The first-order valence-electron chi connectivity index (χ1n) is 6.88. The maximum absolute atomic E-state index is 11.7. The molecule has 0 aliphatic rings. The van der Waals surface area contributed by atoms with Gasteiger partial charge in [-0.3, -0.25) is 4.79 Å². The number of hydrogen-bond acceptors (Lipinski definition) is 4. The summed E-state index contributed by atoms with van der Waals surface area (Å²) in [5, 5.41) is 13.3. The molecule has 6 heteroatoms. The maximum Gasteiger partial charge on any atom is 0.240 e. The van der Waals surface area contributed by atoms with Crippen molar-refractivity contribution >= 4 is 35.5 Å². The van der Waals surface area contributed by atoms with Crippen LogP contribution in [0, 0.1) is 11.3 Å². The van der Waals surface area contributed by atoms with Gasteiger partial charge in [0, 0.05) is 22.1 Å². The van der Waals surface area contributed by atoms with Gasteiger partial charge in [-0.15, -0.1) is 11.8 Å². The molecule has 0 spiro atoms. The fraction of sp³-hybridized carbons (Fsp3) is 0.118. The first-order valence-corrected chi connectivity index (χ1v) is 8.24. The molecule has 23 heavy (non-hydrogen) atoms. The van der Waals surface area contributed by atoms with Crippen LogP contribution in [0.3, 0.4) is 0 Å². The number of nitrogens with zero attached hydrogens (tertiary/aromatic N) is 2. The van der Waals surface area contributed by atoms with Crippen LogP contribution in [0.5, 0.6) is 0 Å². The van der Waals surface area contributed by atoms with Crippen LogP contribution in [-0.4, -0.2) is 17.9 Å². The van der Waals surface area contributed by atoms with Crippen molar-refractivity contribution < 1.29 is 4.79 Å². The molecule has 0 bridgehead atoms. The fourth-order valence-corrected chi connectivity index (χ4v) is 2.65. The highest BCUT2D eigenvalue weighted by Crippen LogP contribution is 2.20. The summed E-state index contributed by atoms with van der Waals surface area (Å²) in [6, 6.07) is 16.5. The third-order valence-electron chi connectivity index (χ3n) is 2.85. The van der Waals surface area contributed by atoms with Crippen molar-refractivity contribution in [1.29, 1.82) is 5.26 Å². The molecule has 0 unspecified atom stereocenters. The van der Waals surface area contributed by atoms with Gasteiger partial charge < -0.3 is 0 Å². The maximum atomic E-state index is 11.7. The molecule has 0 radical (unpaired) electrons. The van der Waals surface area contributed by atoms with Gasteiger partial charge in [-0.1, -0.05) is 23.7 Å². The lowest BCUT2D eigenvalue weighted by Gasteiger charge is -2.01. The smallest absolute Gasteiger partial charge is 0.240 e. The number of benzene rings is 2. The van der Waals surface area contributed by atoms with Crippen molar-refractivity contribution in [3.63, 3.8) is 0 Å². The largest absolute Gasteiger partial charge is 0.273 e. The van der Waals surface area contributed by atoms with Gasteiger partial charge in [0.15, 0.2) is 0 Å². The number of nitrogens with one attached hydrogen (secondary N) is 1.